The smallest absolute Gasteiger partial charge is 0.276 e. The van der Waals surface area contributed by atoms with E-state index in [1.54, 1.807) is 16.9 Å². The van der Waals surface area contributed by atoms with Crippen LogP contribution >= 0.6 is 11.6 Å². The zero-order valence-electron chi connectivity index (χ0n) is 16.2. The predicted molar refractivity (Wildman–Crippen MR) is 110 cm³/mol. The van der Waals surface area contributed by atoms with Crippen LogP contribution in [-0.4, -0.2) is 38.9 Å². The van der Waals surface area contributed by atoms with E-state index in [9.17, 15) is 9.18 Å². The Kier molecular flexibility index (Phi) is 5.62. The largest absolute Gasteiger partial charge is 0.337 e. The van der Waals surface area contributed by atoms with Gasteiger partial charge in [-0.2, -0.15) is 0 Å². The molecule has 2 aromatic carbocycles. The Balaban J connectivity index is 1.46. The Morgan fingerprint density at radius 1 is 1.28 bits per heavy atom. The van der Waals surface area contributed by atoms with Crippen LogP contribution in [0.15, 0.2) is 48.7 Å². The second-order valence-electron chi connectivity index (χ2n) is 7.48. The summed E-state index contributed by atoms with van der Waals surface area (Å²) < 4.78 is 14.8. The van der Waals surface area contributed by atoms with Crippen molar-refractivity contribution in [3.8, 4) is 0 Å². The van der Waals surface area contributed by atoms with E-state index in [0.29, 0.717) is 29.7 Å². The minimum absolute atomic E-state index is 0.111. The van der Waals surface area contributed by atoms with Crippen LogP contribution in [0.4, 0.5) is 4.39 Å². The highest BCUT2D eigenvalue weighted by Gasteiger charge is 2.27. The van der Waals surface area contributed by atoms with Crippen LogP contribution in [0.1, 0.15) is 45.9 Å². The first-order valence-corrected chi connectivity index (χ1v) is 10.1. The van der Waals surface area contributed by atoms with Gasteiger partial charge in [0.15, 0.2) is 5.69 Å². The maximum Gasteiger partial charge on any atom is 0.276 e. The molecule has 5 nitrogen and oxygen atoms in total. The molecule has 1 unspecified atom stereocenters. The lowest BCUT2D eigenvalue weighted by atomic mass is 9.88. The Hall–Kier alpha value is -2.73. The molecule has 1 atom stereocenters. The average Bonchev–Trinajstić information content (AvgIpc) is 3.18. The number of carbonyl (C=O) groups is 1. The number of aryl methyl sites for hydroxylation is 1. The van der Waals surface area contributed by atoms with E-state index in [-0.39, 0.29) is 11.7 Å². The topological polar surface area (TPSA) is 51.0 Å². The Morgan fingerprint density at radius 3 is 2.90 bits per heavy atom. The molecule has 4 rings (SSSR count). The number of likely N-dealkylation sites (tertiary alicyclic amines) is 1. The van der Waals surface area contributed by atoms with Crippen LogP contribution < -0.4 is 0 Å². The maximum absolute atomic E-state index is 13.2. The van der Waals surface area contributed by atoms with Crippen molar-refractivity contribution in [2.45, 2.75) is 32.2 Å². The average molecular weight is 413 g/mol. The van der Waals surface area contributed by atoms with E-state index in [4.69, 9.17) is 11.6 Å². The minimum atomic E-state index is -0.387. The van der Waals surface area contributed by atoms with E-state index < -0.39 is 0 Å². The summed E-state index contributed by atoms with van der Waals surface area (Å²) in [6.45, 7) is 3.84. The van der Waals surface area contributed by atoms with Crippen molar-refractivity contribution in [3.63, 3.8) is 0 Å². The van der Waals surface area contributed by atoms with Crippen molar-refractivity contribution in [3.05, 3.63) is 81.9 Å². The Morgan fingerprint density at radius 2 is 2.10 bits per heavy atom. The van der Waals surface area contributed by atoms with Gasteiger partial charge in [0.2, 0.25) is 0 Å². The molecule has 7 heteroatoms. The van der Waals surface area contributed by atoms with Gasteiger partial charge in [-0.3, -0.25) is 4.79 Å². The number of hydrogen-bond acceptors (Lipinski definition) is 3. The number of amides is 1. The molecule has 0 aliphatic carbocycles. The molecule has 0 spiro atoms. The molecule has 150 valence electrons. The number of hydrogen-bond donors (Lipinski definition) is 0. The molecule has 1 aromatic heterocycles. The molecular formula is C22H22ClFN4O. The molecule has 2 heterocycles. The van der Waals surface area contributed by atoms with Gasteiger partial charge in [-0.1, -0.05) is 47.1 Å². The molecule has 0 bridgehead atoms. The summed E-state index contributed by atoms with van der Waals surface area (Å²) >= 11 is 6.08. The fraction of sp³-hybridized carbons (Fsp3) is 0.318. The SMILES string of the molecule is Cc1ccccc1C1CCCN(C(=O)c2cn(Cc3ccc(F)cc3Cl)nn2)C1. The van der Waals surface area contributed by atoms with E-state index in [2.05, 4.69) is 35.4 Å². The van der Waals surface area contributed by atoms with Crippen molar-refractivity contribution >= 4 is 17.5 Å². The summed E-state index contributed by atoms with van der Waals surface area (Å²) in [5, 5.41) is 8.43. The van der Waals surface area contributed by atoms with Crippen LogP contribution in [0.5, 0.6) is 0 Å². The van der Waals surface area contributed by atoms with Crippen LogP contribution in [-0.2, 0) is 6.54 Å². The summed E-state index contributed by atoms with van der Waals surface area (Å²) in [7, 11) is 0. The van der Waals surface area contributed by atoms with Crippen LogP contribution in [0.2, 0.25) is 5.02 Å². The molecule has 1 aliphatic heterocycles. The van der Waals surface area contributed by atoms with Gasteiger partial charge in [0.25, 0.3) is 5.91 Å². The highest BCUT2D eigenvalue weighted by atomic mass is 35.5. The number of carbonyl (C=O) groups excluding carboxylic acids is 1. The summed E-state index contributed by atoms with van der Waals surface area (Å²) in [5.74, 6) is -0.164. The number of aromatic nitrogens is 3. The molecule has 1 aliphatic rings. The molecule has 0 saturated carbocycles. The standard InChI is InChI=1S/C22H22ClFN4O/c1-15-5-2-3-7-19(15)16-6-4-10-27(12-16)22(29)21-14-28(26-25-21)13-17-8-9-18(24)11-20(17)23/h2-3,5,7-9,11,14,16H,4,6,10,12-13H2,1H3. The van der Waals surface area contributed by atoms with Crippen LogP contribution in [0, 0.1) is 12.7 Å². The van der Waals surface area contributed by atoms with Crippen molar-refractivity contribution in [1.82, 2.24) is 19.9 Å². The van der Waals surface area contributed by atoms with Crippen molar-refractivity contribution in [1.29, 1.82) is 0 Å². The van der Waals surface area contributed by atoms with Gasteiger partial charge in [-0.05, 0) is 48.6 Å². The number of piperidine rings is 1. The zero-order chi connectivity index (χ0) is 20.4. The van der Waals surface area contributed by atoms with Crippen molar-refractivity contribution in [2.24, 2.45) is 0 Å². The first-order valence-electron chi connectivity index (χ1n) is 9.70. The highest BCUT2D eigenvalue weighted by Crippen LogP contribution is 2.29. The number of halogens is 2. The third-order valence-corrected chi connectivity index (χ3v) is 5.79. The molecule has 0 radical (unpaired) electrons. The van der Waals surface area contributed by atoms with Crippen molar-refractivity contribution < 1.29 is 9.18 Å². The minimum Gasteiger partial charge on any atom is -0.337 e. The zero-order valence-corrected chi connectivity index (χ0v) is 16.9. The summed E-state index contributed by atoms with van der Waals surface area (Å²) in [6.07, 6.45) is 3.66. The normalized spacial score (nSPS) is 16.8. The Labute approximate surface area is 174 Å². The van der Waals surface area contributed by atoms with E-state index in [1.807, 2.05) is 11.0 Å². The second-order valence-corrected chi connectivity index (χ2v) is 7.89. The van der Waals surface area contributed by atoms with Gasteiger partial charge in [-0.25, -0.2) is 9.07 Å². The lowest BCUT2D eigenvalue weighted by Gasteiger charge is -2.33. The van der Waals surface area contributed by atoms with Crippen LogP contribution in [0.25, 0.3) is 0 Å². The fourth-order valence-electron chi connectivity index (χ4n) is 3.92. The number of rotatable bonds is 4. The lowest BCUT2D eigenvalue weighted by molar-refractivity contribution is 0.0700. The van der Waals surface area contributed by atoms with Gasteiger partial charge in [0.05, 0.1) is 12.7 Å². The highest BCUT2D eigenvalue weighted by molar-refractivity contribution is 6.31. The van der Waals surface area contributed by atoms with Gasteiger partial charge in [0, 0.05) is 24.0 Å². The third kappa shape index (κ3) is 4.32. The van der Waals surface area contributed by atoms with Gasteiger partial charge < -0.3 is 4.90 Å². The molecule has 3 aromatic rings. The molecule has 0 N–H and O–H groups in total. The Bertz CT molecular complexity index is 1040. The molecule has 1 saturated heterocycles. The molecule has 1 amide bonds. The molecule has 29 heavy (non-hydrogen) atoms. The third-order valence-electron chi connectivity index (χ3n) is 5.44. The van der Waals surface area contributed by atoms with Crippen molar-refractivity contribution in [2.75, 3.05) is 13.1 Å². The van der Waals surface area contributed by atoms with E-state index >= 15 is 0 Å². The van der Waals surface area contributed by atoms with E-state index in [1.165, 1.54) is 23.3 Å². The predicted octanol–water partition coefficient (Wildman–Crippen LogP) is 4.45. The summed E-state index contributed by atoms with van der Waals surface area (Å²) in [4.78, 5) is 14.8. The monoisotopic (exact) mass is 412 g/mol. The lowest BCUT2D eigenvalue weighted by Crippen LogP contribution is -2.39. The maximum atomic E-state index is 13.2. The number of nitrogens with zero attached hydrogens (tertiary/aromatic N) is 4. The van der Waals surface area contributed by atoms with Gasteiger partial charge >= 0.3 is 0 Å². The number of benzene rings is 2. The molecule has 1 fully saturated rings. The van der Waals surface area contributed by atoms with Gasteiger partial charge in [-0.15, -0.1) is 5.10 Å². The quantitative estimate of drug-likeness (QED) is 0.636. The summed E-state index contributed by atoms with van der Waals surface area (Å²) in [5.41, 5.74) is 3.59. The van der Waals surface area contributed by atoms with Gasteiger partial charge in [0.1, 0.15) is 5.82 Å². The van der Waals surface area contributed by atoms with E-state index in [0.717, 1.165) is 24.9 Å². The summed E-state index contributed by atoms with van der Waals surface area (Å²) in [6, 6.07) is 12.6. The second kappa shape index (κ2) is 8.33. The van der Waals surface area contributed by atoms with Crippen LogP contribution in [0.3, 0.4) is 0 Å². The first kappa shape index (κ1) is 19.6. The first-order chi connectivity index (χ1) is 14.0. The fourth-order valence-corrected chi connectivity index (χ4v) is 4.15. The molecular weight excluding hydrogens is 391 g/mol.